The Bertz CT molecular complexity index is 1140. The fourth-order valence-electron chi connectivity index (χ4n) is 4.10. The number of oxime groups is 1. The van der Waals surface area contributed by atoms with E-state index in [1.54, 1.807) is 0 Å². The Morgan fingerprint density at radius 2 is 1.81 bits per heavy atom. The lowest BCUT2D eigenvalue weighted by Crippen LogP contribution is -2.31. The molecule has 1 atom stereocenters. The van der Waals surface area contributed by atoms with Gasteiger partial charge < -0.3 is 19.8 Å². The molecule has 162 valence electrons. The third-order valence-electron chi connectivity index (χ3n) is 5.76. The Hall–Kier alpha value is -3.64. The summed E-state index contributed by atoms with van der Waals surface area (Å²) >= 11 is 0. The summed E-state index contributed by atoms with van der Waals surface area (Å²) in [6, 6.07) is 24.1. The van der Waals surface area contributed by atoms with E-state index in [-0.39, 0.29) is 12.1 Å². The maximum Gasteiger partial charge on any atom is 0.251 e. The summed E-state index contributed by atoms with van der Waals surface area (Å²) in [7, 11) is 0. The molecule has 0 aliphatic carbocycles. The minimum Gasteiger partial charge on any atom is -0.372 e. The van der Waals surface area contributed by atoms with Crippen LogP contribution < -0.4 is 5.32 Å². The molecule has 32 heavy (non-hydrogen) atoms. The summed E-state index contributed by atoms with van der Waals surface area (Å²) in [5.41, 5.74) is 6.16. The SMILES string of the molecule is CCNC(=O)c1ccc(C2=NOC(c3ccc4c(c3)COC4)N2Cc2ccccc2)cc1. The summed E-state index contributed by atoms with van der Waals surface area (Å²) in [5, 5.41) is 7.28. The third kappa shape index (κ3) is 3.97. The van der Waals surface area contributed by atoms with Gasteiger partial charge in [0, 0.05) is 29.8 Å². The lowest BCUT2D eigenvalue weighted by atomic mass is 10.0. The normalized spacial score (nSPS) is 17.0. The maximum atomic E-state index is 12.1. The number of nitrogens with one attached hydrogen (secondary N) is 1. The molecule has 1 amide bonds. The zero-order chi connectivity index (χ0) is 21.9. The number of ether oxygens (including phenoxy) is 1. The first-order chi connectivity index (χ1) is 15.7. The van der Waals surface area contributed by atoms with E-state index in [1.165, 1.54) is 16.7 Å². The predicted molar refractivity (Wildman–Crippen MR) is 122 cm³/mol. The monoisotopic (exact) mass is 427 g/mol. The van der Waals surface area contributed by atoms with E-state index >= 15 is 0 Å². The predicted octanol–water partition coefficient (Wildman–Crippen LogP) is 4.36. The van der Waals surface area contributed by atoms with Crippen molar-refractivity contribution in [3.8, 4) is 0 Å². The highest BCUT2D eigenvalue weighted by molar-refractivity contribution is 6.01. The quantitative estimate of drug-likeness (QED) is 0.635. The molecule has 1 N–H and O–H groups in total. The van der Waals surface area contributed by atoms with Crippen LogP contribution in [0.1, 0.15) is 51.3 Å². The van der Waals surface area contributed by atoms with Crippen LogP contribution in [0.25, 0.3) is 0 Å². The first-order valence-electron chi connectivity index (χ1n) is 10.9. The minimum atomic E-state index is -0.334. The number of carbonyl (C=O) groups excluding carboxylic acids is 1. The van der Waals surface area contributed by atoms with E-state index in [4.69, 9.17) is 9.57 Å². The van der Waals surface area contributed by atoms with Crippen LogP contribution in [0.15, 0.2) is 78.0 Å². The Morgan fingerprint density at radius 1 is 1.03 bits per heavy atom. The van der Waals surface area contributed by atoms with Crippen LogP contribution in [0, 0.1) is 0 Å². The molecule has 5 rings (SSSR count). The van der Waals surface area contributed by atoms with Crippen molar-refractivity contribution in [2.75, 3.05) is 6.54 Å². The molecular formula is C26H25N3O3. The van der Waals surface area contributed by atoms with Gasteiger partial charge in [0.25, 0.3) is 5.91 Å². The molecule has 0 aromatic heterocycles. The van der Waals surface area contributed by atoms with Crippen molar-refractivity contribution in [2.45, 2.75) is 32.9 Å². The first kappa shape index (κ1) is 20.3. The molecule has 1 unspecified atom stereocenters. The Balaban J connectivity index is 1.45. The molecule has 0 spiro atoms. The number of amidine groups is 1. The maximum absolute atomic E-state index is 12.1. The average Bonchev–Trinajstić information content (AvgIpc) is 3.46. The van der Waals surface area contributed by atoms with Gasteiger partial charge in [-0.2, -0.15) is 0 Å². The van der Waals surface area contributed by atoms with Crippen molar-refractivity contribution < 1.29 is 14.4 Å². The minimum absolute atomic E-state index is 0.0805. The van der Waals surface area contributed by atoms with E-state index in [2.05, 4.69) is 45.7 Å². The van der Waals surface area contributed by atoms with Gasteiger partial charge >= 0.3 is 0 Å². The zero-order valence-electron chi connectivity index (χ0n) is 18.0. The highest BCUT2D eigenvalue weighted by Gasteiger charge is 2.33. The van der Waals surface area contributed by atoms with Gasteiger partial charge in [-0.1, -0.05) is 59.8 Å². The van der Waals surface area contributed by atoms with E-state index in [0.29, 0.717) is 31.9 Å². The fraction of sp³-hybridized carbons (Fsp3) is 0.231. The second-order valence-corrected chi connectivity index (χ2v) is 7.94. The molecule has 2 aliphatic rings. The second kappa shape index (κ2) is 8.85. The average molecular weight is 428 g/mol. The van der Waals surface area contributed by atoms with E-state index < -0.39 is 0 Å². The van der Waals surface area contributed by atoms with Gasteiger partial charge in [0.1, 0.15) is 0 Å². The molecule has 6 nitrogen and oxygen atoms in total. The van der Waals surface area contributed by atoms with Crippen LogP contribution in [-0.2, 0) is 29.3 Å². The van der Waals surface area contributed by atoms with Crippen LogP contribution in [-0.4, -0.2) is 23.2 Å². The molecule has 6 heteroatoms. The molecule has 0 bridgehead atoms. The Kier molecular flexibility index (Phi) is 5.60. The number of hydrogen-bond donors (Lipinski definition) is 1. The summed E-state index contributed by atoms with van der Waals surface area (Å²) in [6.07, 6.45) is -0.334. The fourth-order valence-corrected chi connectivity index (χ4v) is 4.10. The molecular weight excluding hydrogens is 402 g/mol. The summed E-state index contributed by atoms with van der Waals surface area (Å²) in [5.74, 6) is 0.668. The lowest BCUT2D eigenvalue weighted by Gasteiger charge is -2.26. The van der Waals surface area contributed by atoms with E-state index in [9.17, 15) is 4.79 Å². The summed E-state index contributed by atoms with van der Waals surface area (Å²) < 4.78 is 5.58. The van der Waals surface area contributed by atoms with E-state index in [1.807, 2.05) is 49.4 Å². The standard InChI is InChI=1S/C26H25N3O3/c1-2-27-25(30)20-10-8-19(9-11-20)24-28-32-26(29(24)15-18-6-4-3-5-7-18)21-12-13-22-16-31-17-23(22)14-21/h3-14,26H,2,15-17H2,1H3,(H,27,30). The topological polar surface area (TPSA) is 63.2 Å². The highest BCUT2D eigenvalue weighted by Crippen LogP contribution is 2.34. The van der Waals surface area contributed by atoms with Gasteiger partial charge in [-0.3, -0.25) is 4.79 Å². The van der Waals surface area contributed by atoms with Gasteiger partial charge in [-0.25, -0.2) is 0 Å². The molecule has 0 saturated heterocycles. The van der Waals surface area contributed by atoms with Crippen LogP contribution in [0.3, 0.4) is 0 Å². The number of hydrogen-bond acceptors (Lipinski definition) is 5. The summed E-state index contributed by atoms with van der Waals surface area (Å²) in [4.78, 5) is 20.2. The molecule has 0 saturated carbocycles. The molecule has 0 radical (unpaired) electrons. The van der Waals surface area contributed by atoms with Crippen molar-refractivity contribution in [3.63, 3.8) is 0 Å². The number of fused-ring (bicyclic) bond motifs is 1. The highest BCUT2D eigenvalue weighted by atomic mass is 16.7. The molecule has 2 aliphatic heterocycles. The van der Waals surface area contributed by atoms with Crippen molar-refractivity contribution >= 4 is 11.7 Å². The molecule has 0 fully saturated rings. The van der Waals surface area contributed by atoms with Gasteiger partial charge in [0.2, 0.25) is 6.23 Å². The second-order valence-electron chi connectivity index (χ2n) is 7.94. The molecule has 2 heterocycles. The number of rotatable bonds is 6. The van der Waals surface area contributed by atoms with Gasteiger partial charge in [-0.05, 0) is 41.8 Å². The third-order valence-corrected chi connectivity index (χ3v) is 5.76. The van der Waals surface area contributed by atoms with Gasteiger partial charge in [-0.15, -0.1) is 0 Å². The Labute approximate surface area is 187 Å². The Morgan fingerprint density at radius 3 is 2.59 bits per heavy atom. The number of carbonyl (C=O) groups is 1. The summed E-state index contributed by atoms with van der Waals surface area (Å²) in [6.45, 7) is 4.44. The van der Waals surface area contributed by atoms with E-state index in [0.717, 1.165) is 17.0 Å². The van der Waals surface area contributed by atoms with Crippen LogP contribution in [0.5, 0.6) is 0 Å². The van der Waals surface area contributed by atoms with Gasteiger partial charge in [0.15, 0.2) is 5.84 Å². The zero-order valence-corrected chi connectivity index (χ0v) is 18.0. The van der Waals surface area contributed by atoms with Crippen LogP contribution in [0.2, 0.25) is 0 Å². The van der Waals surface area contributed by atoms with Crippen LogP contribution in [0.4, 0.5) is 0 Å². The lowest BCUT2D eigenvalue weighted by molar-refractivity contribution is 0.00576. The largest absolute Gasteiger partial charge is 0.372 e. The number of nitrogens with zero attached hydrogens (tertiary/aromatic N) is 2. The van der Waals surface area contributed by atoms with Crippen molar-refractivity contribution in [1.82, 2.24) is 10.2 Å². The van der Waals surface area contributed by atoms with Crippen molar-refractivity contribution in [1.29, 1.82) is 0 Å². The van der Waals surface area contributed by atoms with Crippen molar-refractivity contribution in [3.05, 3.63) is 106 Å². The number of amides is 1. The smallest absolute Gasteiger partial charge is 0.251 e. The van der Waals surface area contributed by atoms with Crippen molar-refractivity contribution in [2.24, 2.45) is 5.16 Å². The molecule has 3 aromatic rings. The van der Waals surface area contributed by atoms with Gasteiger partial charge in [0.05, 0.1) is 13.2 Å². The first-order valence-corrected chi connectivity index (χ1v) is 10.9. The molecule has 3 aromatic carbocycles. The van der Waals surface area contributed by atoms with Crippen LogP contribution >= 0.6 is 0 Å². The number of benzene rings is 3.